The number of benzene rings is 1. The number of hydrogen-bond donors (Lipinski definition) is 3. The topological polar surface area (TPSA) is 85.6 Å². The molecule has 1 saturated heterocycles. The monoisotopic (exact) mass is 444 g/mol. The fourth-order valence-electron chi connectivity index (χ4n) is 4.11. The molecule has 2 atom stereocenters. The number of hydrogen-bond acceptors (Lipinski definition) is 4. The molecule has 1 aliphatic heterocycles. The number of likely N-dealkylation sites (tertiary alicyclic amines) is 1. The van der Waals surface area contributed by atoms with Crippen LogP contribution in [0.2, 0.25) is 0 Å². The summed E-state index contributed by atoms with van der Waals surface area (Å²) < 4.78 is 0. The number of aliphatic hydroxyl groups excluding tert-OH is 1. The average Bonchev–Trinajstić information content (AvgIpc) is 3.05. The largest absolute Gasteiger partial charge is 0.392 e. The summed E-state index contributed by atoms with van der Waals surface area (Å²) in [6, 6.07) is 7.56. The van der Waals surface area contributed by atoms with Crippen molar-refractivity contribution in [1.82, 2.24) is 14.8 Å². The average molecular weight is 445 g/mol. The van der Waals surface area contributed by atoms with E-state index >= 15 is 0 Å². The van der Waals surface area contributed by atoms with Crippen molar-refractivity contribution in [1.29, 1.82) is 0 Å². The first-order valence-corrected chi connectivity index (χ1v) is 9.90. The number of carbonyl (C=O) groups excluding carboxylic acids is 1. The van der Waals surface area contributed by atoms with E-state index in [2.05, 4.69) is 16.0 Å². The molecular formula is C21H34Cl2N4O2. The molecule has 0 saturated carbocycles. The molecule has 29 heavy (non-hydrogen) atoms. The molecule has 1 amide bonds. The Morgan fingerprint density at radius 3 is 2.62 bits per heavy atom. The Kier molecular flexibility index (Phi) is 10.4. The maximum atomic E-state index is 12.7. The number of nitrogens with zero attached hydrogens (tertiary/aromatic N) is 2. The minimum atomic E-state index is -0.524. The number of nitrogens with one attached hydrogen (secondary N) is 1. The van der Waals surface area contributed by atoms with Crippen LogP contribution < -0.4 is 5.73 Å². The van der Waals surface area contributed by atoms with E-state index < -0.39 is 6.04 Å². The number of aromatic nitrogens is 1. The molecule has 0 spiro atoms. The van der Waals surface area contributed by atoms with Gasteiger partial charge in [0.05, 0.1) is 12.1 Å². The molecular weight excluding hydrogens is 411 g/mol. The van der Waals surface area contributed by atoms with Gasteiger partial charge in [-0.05, 0) is 56.8 Å². The van der Waals surface area contributed by atoms with E-state index in [4.69, 9.17) is 5.73 Å². The lowest BCUT2D eigenvalue weighted by Crippen LogP contribution is -2.46. The van der Waals surface area contributed by atoms with Gasteiger partial charge in [0.15, 0.2) is 0 Å². The van der Waals surface area contributed by atoms with Crippen LogP contribution in [0.4, 0.5) is 0 Å². The Hall–Kier alpha value is -1.31. The van der Waals surface area contributed by atoms with Gasteiger partial charge in [0.1, 0.15) is 0 Å². The summed E-state index contributed by atoms with van der Waals surface area (Å²) in [4.78, 5) is 20.1. The Labute approximate surface area is 185 Å². The van der Waals surface area contributed by atoms with Crippen LogP contribution in [0.15, 0.2) is 30.5 Å². The molecule has 4 N–H and O–H groups in total. The number of rotatable bonds is 7. The Bertz CT molecular complexity index is 760. The molecule has 0 radical (unpaired) electrons. The summed E-state index contributed by atoms with van der Waals surface area (Å²) in [6.45, 7) is 5.28. The number of halogens is 2. The lowest BCUT2D eigenvalue weighted by Gasteiger charge is -2.34. The van der Waals surface area contributed by atoms with Crippen molar-refractivity contribution in [2.45, 2.75) is 38.3 Å². The predicted molar refractivity (Wildman–Crippen MR) is 123 cm³/mol. The van der Waals surface area contributed by atoms with Crippen LogP contribution in [0.1, 0.15) is 25.3 Å². The van der Waals surface area contributed by atoms with Crippen molar-refractivity contribution in [3.8, 4) is 0 Å². The first-order chi connectivity index (χ1) is 12.9. The van der Waals surface area contributed by atoms with Crippen LogP contribution in [-0.2, 0) is 11.2 Å². The highest BCUT2D eigenvalue weighted by molar-refractivity contribution is 5.86. The van der Waals surface area contributed by atoms with Gasteiger partial charge in [-0.1, -0.05) is 18.2 Å². The van der Waals surface area contributed by atoms with Gasteiger partial charge < -0.3 is 25.6 Å². The number of amides is 1. The molecule has 1 aliphatic rings. The van der Waals surface area contributed by atoms with Crippen molar-refractivity contribution >= 4 is 41.6 Å². The summed E-state index contributed by atoms with van der Waals surface area (Å²) in [5.74, 6) is 0.510. The Morgan fingerprint density at radius 2 is 1.97 bits per heavy atom. The number of piperidine rings is 1. The number of fused-ring (bicyclic) bond motifs is 1. The van der Waals surface area contributed by atoms with Crippen molar-refractivity contribution in [2.75, 3.05) is 33.2 Å². The minimum Gasteiger partial charge on any atom is -0.392 e. The Balaban J connectivity index is 0.00000210. The summed E-state index contributed by atoms with van der Waals surface area (Å²) in [7, 11) is 1.86. The predicted octanol–water partition coefficient (Wildman–Crippen LogP) is 2.43. The molecule has 2 heterocycles. The van der Waals surface area contributed by atoms with E-state index in [9.17, 15) is 9.90 Å². The standard InChI is InChI=1S/C21H32N4O2.2ClH/c1-15(26)13-25-9-7-16(8-10-25)14-24(2)21(27)19(22)11-17-12-23-20-6-4-3-5-18(17)20;;/h3-6,12,15-16,19,23,26H,7-11,13-14,22H2,1-2H3;2*1H/t15?,19-;;/m0../s1. The molecule has 164 valence electrons. The van der Waals surface area contributed by atoms with Gasteiger partial charge in [-0.25, -0.2) is 0 Å². The Morgan fingerprint density at radius 1 is 1.31 bits per heavy atom. The third kappa shape index (κ3) is 6.86. The van der Waals surface area contributed by atoms with E-state index in [1.165, 1.54) is 0 Å². The third-order valence-corrected chi connectivity index (χ3v) is 5.57. The summed E-state index contributed by atoms with van der Waals surface area (Å²) in [5.41, 5.74) is 8.40. The molecule has 0 bridgehead atoms. The molecule has 1 unspecified atom stereocenters. The number of aromatic amines is 1. The fourth-order valence-corrected chi connectivity index (χ4v) is 4.11. The van der Waals surface area contributed by atoms with Gasteiger partial charge in [0.2, 0.25) is 5.91 Å². The zero-order valence-corrected chi connectivity index (χ0v) is 18.8. The van der Waals surface area contributed by atoms with Gasteiger partial charge in [-0.2, -0.15) is 0 Å². The van der Waals surface area contributed by atoms with Crippen LogP contribution in [0.5, 0.6) is 0 Å². The van der Waals surface area contributed by atoms with E-state index in [1.54, 1.807) is 4.90 Å². The van der Waals surface area contributed by atoms with Crippen molar-refractivity contribution in [2.24, 2.45) is 11.7 Å². The number of para-hydroxylation sites is 1. The summed E-state index contributed by atoms with van der Waals surface area (Å²) >= 11 is 0. The SMILES string of the molecule is CC(O)CN1CCC(CN(C)C(=O)[C@@H](N)Cc2c[nH]c3ccccc23)CC1.Cl.Cl. The zero-order chi connectivity index (χ0) is 19.4. The first kappa shape index (κ1) is 25.7. The minimum absolute atomic E-state index is 0. The number of β-amino-alcohol motifs (C(OH)–C–C–N with tert-alkyl or cyclic N) is 1. The van der Waals surface area contributed by atoms with E-state index in [0.717, 1.165) is 55.5 Å². The van der Waals surface area contributed by atoms with Crippen LogP contribution >= 0.6 is 24.8 Å². The molecule has 1 aromatic heterocycles. The molecule has 1 aromatic carbocycles. The zero-order valence-electron chi connectivity index (χ0n) is 17.2. The van der Waals surface area contributed by atoms with Gasteiger partial charge >= 0.3 is 0 Å². The molecule has 2 aromatic rings. The second-order valence-electron chi connectivity index (χ2n) is 7.98. The third-order valence-electron chi connectivity index (χ3n) is 5.57. The van der Waals surface area contributed by atoms with Crippen LogP contribution in [0.3, 0.4) is 0 Å². The number of aliphatic hydroxyl groups is 1. The second-order valence-corrected chi connectivity index (χ2v) is 7.98. The highest BCUT2D eigenvalue weighted by atomic mass is 35.5. The number of carbonyl (C=O) groups is 1. The van der Waals surface area contributed by atoms with Crippen molar-refractivity contribution in [3.05, 3.63) is 36.0 Å². The number of H-pyrrole nitrogens is 1. The maximum Gasteiger partial charge on any atom is 0.239 e. The van der Waals surface area contributed by atoms with E-state index in [1.807, 2.05) is 38.4 Å². The van der Waals surface area contributed by atoms with Crippen molar-refractivity contribution in [3.63, 3.8) is 0 Å². The van der Waals surface area contributed by atoms with Gasteiger partial charge in [-0.15, -0.1) is 24.8 Å². The van der Waals surface area contributed by atoms with E-state index in [0.29, 0.717) is 12.3 Å². The fraction of sp³-hybridized carbons (Fsp3) is 0.571. The lowest BCUT2D eigenvalue weighted by molar-refractivity contribution is -0.132. The van der Waals surface area contributed by atoms with Crippen LogP contribution in [0, 0.1) is 5.92 Å². The second kappa shape index (κ2) is 11.8. The van der Waals surface area contributed by atoms with Crippen molar-refractivity contribution < 1.29 is 9.90 Å². The quantitative estimate of drug-likeness (QED) is 0.611. The van der Waals surface area contributed by atoms with Gasteiger partial charge in [-0.3, -0.25) is 4.79 Å². The van der Waals surface area contributed by atoms with Crippen LogP contribution in [0.25, 0.3) is 10.9 Å². The normalized spacial score (nSPS) is 17.2. The lowest BCUT2D eigenvalue weighted by atomic mass is 9.95. The molecule has 1 fully saturated rings. The first-order valence-electron chi connectivity index (χ1n) is 9.90. The summed E-state index contributed by atoms with van der Waals surface area (Å²) in [6.07, 6.45) is 4.33. The van der Waals surface area contributed by atoms with Crippen LogP contribution in [-0.4, -0.2) is 71.2 Å². The van der Waals surface area contributed by atoms with Gasteiger partial charge in [0, 0.05) is 37.2 Å². The molecule has 3 rings (SSSR count). The summed E-state index contributed by atoms with van der Waals surface area (Å²) in [5, 5.41) is 10.6. The number of nitrogens with two attached hydrogens (primary N) is 1. The highest BCUT2D eigenvalue weighted by Crippen LogP contribution is 2.21. The molecule has 8 heteroatoms. The van der Waals surface area contributed by atoms with Gasteiger partial charge in [0.25, 0.3) is 0 Å². The molecule has 0 aliphatic carbocycles. The van der Waals surface area contributed by atoms with E-state index in [-0.39, 0.29) is 36.8 Å². The highest BCUT2D eigenvalue weighted by Gasteiger charge is 2.25. The maximum absolute atomic E-state index is 12.7. The smallest absolute Gasteiger partial charge is 0.239 e. The molecule has 6 nitrogen and oxygen atoms in total. The number of likely N-dealkylation sites (N-methyl/N-ethyl adjacent to an activating group) is 1.